The van der Waals surface area contributed by atoms with Gasteiger partial charge in [0.1, 0.15) is 10.7 Å². The summed E-state index contributed by atoms with van der Waals surface area (Å²) in [5, 5.41) is 3.60. The molecule has 1 fully saturated rings. The second kappa shape index (κ2) is 7.16. The van der Waals surface area contributed by atoms with E-state index in [0.717, 1.165) is 16.2 Å². The van der Waals surface area contributed by atoms with Crippen LogP contribution in [0.4, 0.5) is 22.4 Å². The van der Waals surface area contributed by atoms with Gasteiger partial charge in [-0.3, -0.25) is 0 Å². The van der Waals surface area contributed by atoms with Crippen LogP contribution in [0.25, 0.3) is 4.96 Å². The number of carbonyl (C=O) groups is 1. The summed E-state index contributed by atoms with van der Waals surface area (Å²) in [5.74, 6) is 0. The van der Waals surface area contributed by atoms with Crippen molar-refractivity contribution in [3.8, 4) is 0 Å². The Morgan fingerprint density at radius 1 is 1.50 bits per heavy atom. The Morgan fingerprint density at radius 2 is 2.23 bits per heavy atom. The fourth-order valence-corrected chi connectivity index (χ4v) is 3.80. The minimum absolute atomic E-state index is 0.0297. The number of rotatable bonds is 7. The van der Waals surface area contributed by atoms with E-state index in [1.165, 1.54) is 11.6 Å². The zero-order chi connectivity index (χ0) is 19.1. The summed E-state index contributed by atoms with van der Waals surface area (Å²) in [6, 6.07) is -1.52. The molecule has 7 nitrogen and oxygen atoms in total. The van der Waals surface area contributed by atoms with Gasteiger partial charge < -0.3 is 15.0 Å². The number of nitrogens with zero attached hydrogens (tertiary/aromatic N) is 4. The maximum absolute atomic E-state index is 13.3. The van der Waals surface area contributed by atoms with Crippen molar-refractivity contribution in [2.75, 3.05) is 13.7 Å². The normalized spacial score (nSPS) is 18.3. The third-order valence-corrected chi connectivity index (χ3v) is 4.75. The number of alkyl halides is 5. The monoisotopic (exact) mass is 415 g/mol. The minimum Gasteiger partial charge on any atom is -0.377 e. The van der Waals surface area contributed by atoms with Gasteiger partial charge >= 0.3 is 11.4 Å². The predicted octanol–water partition coefficient (Wildman–Crippen LogP) is 2.99. The molecule has 1 unspecified atom stereocenters. The molecule has 13 heteroatoms. The summed E-state index contributed by atoms with van der Waals surface area (Å²) in [6.45, 7) is -0.145. The Bertz CT molecular complexity index is 808. The van der Waals surface area contributed by atoms with Gasteiger partial charge in [-0.25, -0.2) is 23.1 Å². The summed E-state index contributed by atoms with van der Waals surface area (Å²) in [4.78, 5) is 17.3. The summed E-state index contributed by atoms with van der Waals surface area (Å²) in [7, 11) is 1.47. The largest absolute Gasteiger partial charge is 0.377 e. The number of hydrogen-bond acceptors (Lipinski definition) is 5. The lowest BCUT2D eigenvalue weighted by molar-refractivity contribution is 0.0759. The highest BCUT2D eigenvalue weighted by atomic mass is 35.5. The Labute approximate surface area is 153 Å². The molecule has 0 radical (unpaired) electrons. The van der Waals surface area contributed by atoms with Gasteiger partial charge in [0.05, 0.1) is 24.9 Å². The van der Waals surface area contributed by atoms with E-state index in [2.05, 4.69) is 15.4 Å². The van der Waals surface area contributed by atoms with Crippen LogP contribution < -0.4 is 5.32 Å². The lowest BCUT2D eigenvalue weighted by Gasteiger charge is -2.16. The number of halogens is 5. The Balaban J connectivity index is 1.85. The lowest BCUT2D eigenvalue weighted by atomic mass is 10.2. The molecule has 0 aromatic carbocycles. The van der Waals surface area contributed by atoms with E-state index >= 15 is 0 Å². The van der Waals surface area contributed by atoms with Crippen LogP contribution in [0.15, 0.2) is 0 Å². The third kappa shape index (κ3) is 4.01. The number of fused-ring (bicyclic) bond motifs is 1. The number of methoxy groups -OCH3 is 1. The zero-order valence-corrected chi connectivity index (χ0v) is 15.0. The van der Waals surface area contributed by atoms with E-state index in [0.29, 0.717) is 5.01 Å². The summed E-state index contributed by atoms with van der Waals surface area (Å²) in [5.41, 5.74) is -0.464. The van der Waals surface area contributed by atoms with Gasteiger partial charge in [0.25, 0.3) is 6.43 Å². The van der Waals surface area contributed by atoms with E-state index in [-0.39, 0.29) is 30.4 Å². The molecule has 26 heavy (non-hydrogen) atoms. The molecule has 3 rings (SSSR count). The molecule has 0 bridgehead atoms. The standard InChI is InChI=1S/C13H14ClF4N5O2S/c1-25-5-8-21-23-7(9(10(15)16)20-12(23)26-8)4-22-3-6(19-11(22)24)2-13(14,17)18/h6,10H,2-5H2,1H3,(H,19,24). The van der Waals surface area contributed by atoms with Crippen molar-refractivity contribution >= 4 is 33.9 Å². The molecule has 3 heterocycles. The Morgan fingerprint density at radius 3 is 2.85 bits per heavy atom. The number of ether oxygens (including phenoxy) is 1. The lowest BCUT2D eigenvalue weighted by Crippen LogP contribution is -2.31. The van der Waals surface area contributed by atoms with Crippen LogP contribution in [0.3, 0.4) is 0 Å². The van der Waals surface area contributed by atoms with Crippen LogP contribution >= 0.6 is 22.9 Å². The number of imidazole rings is 1. The first kappa shape index (κ1) is 19.1. The SMILES string of the molecule is COCc1nn2c(CN3CC(CC(F)(F)Cl)NC3=O)c(C(F)F)nc2s1. The van der Waals surface area contributed by atoms with Crippen molar-refractivity contribution in [3.63, 3.8) is 0 Å². The molecule has 1 N–H and O–H groups in total. The summed E-state index contributed by atoms with van der Waals surface area (Å²) in [6.07, 6.45) is -3.62. The molecule has 2 amide bonds. The highest BCUT2D eigenvalue weighted by Gasteiger charge is 2.38. The fourth-order valence-electron chi connectivity index (χ4n) is 2.72. The average Bonchev–Trinajstić information content (AvgIpc) is 3.13. The Hall–Kier alpha value is -1.66. The quantitative estimate of drug-likeness (QED) is 0.557. The van der Waals surface area contributed by atoms with Crippen molar-refractivity contribution < 1.29 is 27.1 Å². The van der Waals surface area contributed by atoms with Gasteiger partial charge in [0.15, 0.2) is 0 Å². The molecule has 0 aliphatic carbocycles. The fraction of sp³-hybridized carbons (Fsp3) is 0.615. The maximum Gasteiger partial charge on any atom is 0.323 e. The molecule has 144 valence electrons. The van der Waals surface area contributed by atoms with Gasteiger partial charge in [-0.2, -0.15) is 13.9 Å². The van der Waals surface area contributed by atoms with Gasteiger partial charge in [-0.1, -0.05) is 11.3 Å². The number of carbonyl (C=O) groups excluding carboxylic acids is 1. The molecule has 2 aromatic heterocycles. The first-order chi connectivity index (χ1) is 12.2. The van der Waals surface area contributed by atoms with Crippen LogP contribution in [-0.2, 0) is 17.9 Å². The van der Waals surface area contributed by atoms with E-state index in [4.69, 9.17) is 16.3 Å². The van der Waals surface area contributed by atoms with Gasteiger partial charge in [0.2, 0.25) is 4.96 Å². The molecule has 2 aromatic rings. The van der Waals surface area contributed by atoms with Gasteiger partial charge in [0, 0.05) is 20.1 Å². The van der Waals surface area contributed by atoms with Crippen molar-refractivity contribution in [2.24, 2.45) is 0 Å². The van der Waals surface area contributed by atoms with Crippen LogP contribution in [0.2, 0.25) is 0 Å². The first-order valence-corrected chi connectivity index (χ1v) is 8.64. The second-order valence-electron chi connectivity index (χ2n) is 5.71. The zero-order valence-electron chi connectivity index (χ0n) is 13.4. The molecule has 1 saturated heterocycles. The number of urea groups is 1. The van der Waals surface area contributed by atoms with Crippen molar-refractivity contribution in [2.45, 2.75) is 37.4 Å². The number of nitrogens with one attached hydrogen (secondary N) is 1. The highest BCUT2D eigenvalue weighted by molar-refractivity contribution is 7.16. The Kier molecular flexibility index (Phi) is 5.26. The van der Waals surface area contributed by atoms with Crippen molar-refractivity contribution in [1.82, 2.24) is 24.8 Å². The average molecular weight is 416 g/mol. The van der Waals surface area contributed by atoms with Crippen LogP contribution in [0, 0.1) is 0 Å². The summed E-state index contributed by atoms with van der Waals surface area (Å²) >= 11 is 5.98. The van der Waals surface area contributed by atoms with Crippen LogP contribution in [0.1, 0.15) is 29.2 Å². The number of amides is 2. The minimum atomic E-state index is -3.46. The molecule has 1 aliphatic heterocycles. The second-order valence-corrected chi connectivity index (χ2v) is 7.31. The highest BCUT2D eigenvalue weighted by Crippen LogP contribution is 2.30. The molecule has 0 spiro atoms. The number of aromatic nitrogens is 3. The molecular weight excluding hydrogens is 402 g/mol. The van der Waals surface area contributed by atoms with Crippen molar-refractivity contribution in [3.05, 3.63) is 16.4 Å². The number of hydrogen-bond donors (Lipinski definition) is 1. The predicted molar refractivity (Wildman–Crippen MR) is 84.7 cm³/mol. The molecule has 1 atom stereocenters. The smallest absolute Gasteiger partial charge is 0.323 e. The third-order valence-electron chi connectivity index (χ3n) is 3.72. The van der Waals surface area contributed by atoms with E-state index in [1.54, 1.807) is 0 Å². The molecule has 1 aliphatic rings. The summed E-state index contributed by atoms with van der Waals surface area (Å²) < 4.78 is 58.6. The molecular formula is C13H14ClF4N5O2S. The van der Waals surface area contributed by atoms with E-state index in [9.17, 15) is 22.4 Å². The van der Waals surface area contributed by atoms with E-state index < -0.39 is 36.0 Å². The first-order valence-electron chi connectivity index (χ1n) is 7.44. The van der Waals surface area contributed by atoms with E-state index in [1.807, 2.05) is 0 Å². The van der Waals surface area contributed by atoms with Gasteiger partial charge in [-0.15, -0.1) is 0 Å². The van der Waals surface area contributed by atoms with Crippen LogP contribution in [-0.4, -0.2) is 50.6 Å². The topological polar surface area (TPSA) is 71.8 Å². The van der Waals surface area contributed by atoms with Crippen molar-refractivity contribution in [1.29, 1.82) is 0 Å². The van der Waals surface area contributed by atoms with Crippen LogP contribution in [0.5, 0.6) is 0 Å². The molecule has 0 saturated carbocycles. The maximum atomic E-state index is 13.3. The van der Waals surface area contributed by atoms with Gasteiger partial charge in [-0.05, 0) is 11.6 Å².